The molecule has 2 heterocycles. The fourth-order valence-corrected chi connectivity index (χ4v) is 2.58. The van der Waals surface area contributed by atoms with Crippen molar-refractivity contribution in [1.82, 2.24) is 10.3 Å². The molecule has 1 aromatic heterocycles. The number of carbonyl (C=O) groups is 1. The minimum absolute atomic E-state index is 0.00789. The molecule has 1 amide bonds. The topological polar surface area (TPSA) is 54.0 Å². The van der Waals surface area contributed by atoms with E-state index in [0.717, 1.165) is 27.5 Å². The van der Waals surface area contributed by atoms with Crippen molar-refractivity contribution in [1.29, 1.82) is 0 Å². The van der Waals surface area contributed by atoms with Crippen LogP contribution in [0.1, 0.15) is 5.56 Å². The zero-order chi connectivity index (χ0) is 11.5. The molecular formula is C10H12BrN3OS. The van der Waals surface area contributed by atoms with Crippen molar-refractivity contribution in [3.8, 4) is 0 Å². The fraction of sp³-hybridized carbons (Fsp3) is 0.400. The third-order valence-corrected chi connectivity index (χ3v) is 4.08. The zero-order valence-corrected chi connectivity index (χ0v) is 11.2. The van der Waals surface area contributed by atoms with E-state index >= 15 is 0 Å². The molecule has 16 heavy (non-hydrogen) atoms. The number of pyridine rings is 1. The van der Waals surface area contributed by atoms with Gasteiger partial charge in [0.25, 0.3) is 0 Å². The van der Waals surface area contributed by atoms with Crippen LogP contribution >= 0.6 is 27.7 Å². The Balaban J connectivity index is 2.02. The van der Waals surface area contributed by atoms with Gasteiger partial charge in [-0.15, -0.1) is 11.8 Å². The van der Waals surface area contributed by atoms with E-state index in [-0.39, 0.29) is 11.9 Å². The first-order chi connectivity index (χ1) is 7.66. The van der Waals surface area contributed by atoms with Gasteiger partial charge in [0, 0.05) is 11.6 Å². The second kappa shape index (κ2) is 5.16. The summed E-state index contributed by atoms with van der Waals surface area (Å²) in [5.41, 5.74) is 1.75. The van der Waals surface area contributed by atoms with Crippen molar-refractivity contribution in [2.45, 2.75) is 13.0 Å². The molecular weight excluding hydrogens is 290 g/mol. The Labute approximate surface area is 107 Å². The van der Waals surface area contributed by atoms with E-state index in [4.69, 9.17) is 0 Å². The Morgan fingerprint density at radius 3 is 3.19 bits per heavy atom. The molecule has 4 nitrogen and oxygen atoms in total. The number of amides is 1. The largest absolute Gasteiger partial charge is 0.323 e. The fourth-order valence-electron chi connectivity index (χ4n) is 1.42. The number of thioether (sulfide) groups is 1. The van der Waals surface area contributed by atoms with Crippen molar-refractivity contribution in [3.63, 3.8) is 0 Å². The number of aryl methyl sites for hydroxylation is 1. The monoisotopic (exact) mass is 301 g/mol. The summed E-state index contributed by atoms with van der Waals surface area (Å²) in [6.45, 7) is 1.94. The van der Waals surface area contributed by atoms with Gasteiger partial charge in [0.1, 0.15) is 4.60 Å². The summed E-state index contributed by atoms with van der Waals surface area (Å²) in [4.78, 5) is 15.9. The number of carbonyl (C=O) groups excluding carboxylic acids is 1. The van der Waals surface area contributed by atoms with E-state index < -0.39 is 0 Å². The Kier molecular flexibility index (Phi) is 3.83. The van der Waals surface area contributed by atoms with E-state index in [1.165, 1.54) is 0 Å². The molecule has 0 saturated carbocycles. The van der Waals surface area contributed by atoms with E-state index in [9.17, 15) is 4.79 Å². The lowest BCUT2D eigenvalue weighted by molar-refractivity contribution is -0.117. The van der Waals surface area contributed by atoms with Gasteiger partial charge in [-0.2, -0.15) is 0 Å². The van der Waals surface area contributed by atoms with Crippen LogP contribution in [0.3, 0.4) is 0 Å². The minimum Gasteiger partial charge on any atom is -0.323 e. The minimum atomic E-state index is -0.0889. The zero-order valence-electron chi connectivity index (χ0n) is 8.79. The van der Waals surface area contributed by atoms with Crippen LogP contribution in [0.2, 0.25) is 0 Å². The predicted molar refractivity (Wildman–Crippen MR) is 69.6 cm³/mol. The Morgan fingerprint density at radius 2 is 2.56 bits per heavy atom. The normalized spacial score (nSPS) is 19.8. The predicted octanol–water partition coefficient (Wildman–Crippen LogP) is 1.75. The number of hydrogen-bond acceptors (Lipinski definition) is 4. The summed E-state index contributed by atoms with van der Waals surface area (Å²) in [7, 11) is 0. The van der Waals surface area contributed by atoms with Gasteiger partial charge in [-0.05, 0) is 34.5 Å². The van der Waals surface area contributed by atoms with Crippen LogP contribution in [-0.4, -0.2) is 28.6 Å². The first-order valence-electron chi connectivity index (χ1n) is 4.91. The number of hydrogen-bond donors (Lipinski definition) is 2. The Hall–Kier alpha value is -0.590. The maximum absolute atomic E-state index is 11.8. The second-order valence-corrected chi connectivity index (χ2v) is 5.37. The molecule has 1 aliphatic rings. The average molecular weight is 302 g/mol. The van der Waals surface area contributed by atoms with Gasteiger partial charge in [-0.3, -0.25) is 10.1 Å². The standard InChI is InChI=1S/C10H12BrN3OS/c1-6-2-7(3-12-9(6)11)14-10(15)8-4-16-5-13-8/h2-3,8,13H,4-5H2,1H3,(H,14,15). The summed E-state index contributed by atoms with van der Waals surface area (Å²) < 4.78 is 0.806. The van der Waals surface area contributed by atoms with Crippen molar-refractivity contribution >= 4 is 39.3 Å². The first kappa shape index (κ1) is 11.9. The molecule has 6 heteroatoms. The first-order valence-corrected chi connectivity index (χ1v) is 6.86. The number of nitrogens with zero attached hydrogens (tertiary/aromatic N) is 1. The van der Waals surface area contributed by atoms with E-state index in [1.54, 1.807) is 18.0 Å². The smallest absolute Gasteiger partial charge is 0.242 e. The third-order valence-electron chi connectivity index (χ3n) is 2.31. The van der Waals surface area contributed by atoms with E-state index in [0.29, 0.717) is 0 Å². The van der Waals surface area contributed by atoms with Gasteiger partial charge in [0.05, 0.1) is 17.9 Å². The van der Waals surface area contributed by atoms with Crippen LogP contribution < -0.4 is 10.6 Å². The molecule has 1 aromatic rings. The van der Waals surface area contributed by atoms with Crippen LogP contribution in [-0.2, 0) is 4.79 Å². The van der Waals surface area contributed by atoms with Gasteiger partial charge in [0.15, 0.2) is 0 Å². The van der Waals surface area contributed by atoms with Crippen LogP contribution in [0.5, 0.6) is 0 Å². The summed E-state index contributed by atoms with van der Waals surface area (Å²) in [6.07, 6.45) is 1.65. The Morgan fingerprint density at radius 1 is 1.75 bits per heavy atom. The molecule has 1 atom stereocenters. The lowest BCUT2D eigenvalue weighted by Gasteiger charge is -2.10. The molecule has 1 fully saturated rings. The third kappa shape index (κ3) is 2.75. The highest BCUT2D eigenvalue weighted by Crippen LogP contribution is 2.17. The highest BCUT2D eigenvalue weighted by molar-refractivity contribution is 9.10. The van der Waals surface area contributed by atoms with Crippen molar-refractivity contribution < 1.29 is 4.79 Å². The number of aromatic nitrogens is 1. The van der Waals surface area contributed by atoms with Crippen LogP contribution in [0.15, 0.2) is 16.9 Å². The molecule has 2 N–H and O–H groups in total. The van der Waals surface area contributed by atoms with Gasteiger partial charge >= 0.3 is 0 Å². The number of halogens is 1. The summed E-state index contributed by atoms with van der Waals surface area (Å²) in [5.74, 6) is 1.68. The van der Waals surface area contributed by atoms with Crippen molar-refractivity contribution in [3.05, 3.63) is 22.4 Å². The maximum atomic E-state index is 11.8. The summed E-state index contributed by atoms with van der Waals surface area (Å²) >= 11 is 5.05. The van der Waals surface area contributed by atoms with Gasteiger partial charge in [-0.1, -0.05) is 0 Å². The number of anilines is 1. The SMILES string of the molecule is Cc1cc(NC(=O)C2CSCN2)cnc1Br. The molecule has 0 bridgehead atoms. The quantitative estimate of drug-likeness (QED) is 0.817. The summed E-state index contributed by atoms with van der Waals surface area (Å²) in [6, 6.07) is 1.81. The summed E-state index contributed by atoms with van der Waals surface area (Å²) in [5, 5.41) is 5.98. The molecule has 1 unspecified atom stereocenters. The molecule has 1 aliphatic heterocycles. The lowest BCUT2D eigenvalue weighted by Crippen LogP contribution is -2.37. The average Bonchev–Trinajstić information content (AvgIpc) is 2.77. The molecule has 0 spiro atoms. The highest BCUT2D eigenvalue weighted by atomic mass is 79.9. The van der Waals surface area contributed by atoms with Gasteiger partial charge in [-0.25, -0.2) is 4.98 Å². The highest BCUT2D eigenvalue weighted by Gasteiger charge is 2.22. The molecule has 86 valence electrons. The Bertz CT molecular complexity index is 407. The van der Waals surface area contributed by atoms with E-state index in [2.05, 4.69) is 31.5 Å². The van der Waals surface area contributed by atoms with E-state index in [1.807, 2.05) is 13.0 Å². The number of nitrogens with one attached hydrogen (secondary N) is 2. The molecule has 0 radical (unpaired) electrons. The molecule has 0 aromatic carbocycles. The van der Waals surface area contributed by atoms with Crippen LogP contribution in [0.4, 0.5) is 5.69 Å². The van der Waals surface area contributed by atoms with Crippen molar-refractivity contribution in [2.24, 2.45) is 0 Å². The maximum Gasteiger partial charge on any atom is 0.242 e. The van der Waals surface area contributed by atoms with Gasteiger partial charge in [0.2, 0.25) is 5.91 Å². The molecule has 0 aliphatic carbocycles. The number of rotatable bonds is 2. The van der Waals surface area contributed by atoms with Crippen LogP contribution in [0, 0.1) is 6.92 Å². The van der Waals surface area contributed by atoms with Crippen molar-refractivity contribution in [2.75, 3.05) is 16.9 Å². The second-order valence-electron chi connectivity index (χ2n) is 3.59. The molecule has 1 saturated heterocycles. The lowest BCUT2D eigenvalue weighted by atomic mass is 10.2. The van der Waals surface area contributed by atoms with Crippen LogP contribution in [0.25, 0.3) is 0 Å². The van der Waals surface area contributed by atoms with Gasteiger partial charge < -0.3 is 5.32 Å². The molecule has 2 rings (SSSR count).